The Balaban J connectivity index is 2.07. The van der Waals surface area contributed by atoms with Gasteiger partial charge in [0.25, 0.3) is 0 Å². The molecule has 0 saturated heterocycles. The summed E-state index contributed by atoms with van der Waals surface area (Å²) in [7, 11) is 0. The van der Waals surface area contributed by atoms with Crippen molar-refractivity contribution in [2.75, 3.05) is 17.6 Å². The van der Waals surface area contributed by atoms with Gasteiger partial charge >= 0.3 is 0 Å². The first-order valence-corrected chi connectivity index (χ1v) is 6.62. The van der Waals surface area contributed by atoms with Crippen molar-refractivity contribution in [1.29, 1.82) is 0 Å². The van der Waals surface area contributed by atoms with E-state index in [1.807, 2.05) is 24.3 Å². The topological polar surface area (TPSA) is 24.4 Å². The van der Waals surface area contributed by atoms with E-state index >= 15 is 0 Å². The molecule has 0 bridgehead atoms. The molecular weight excluding hydrogens is 240 g/mol. The molecule has 0 atom stereocenters. The fourth-order valence-corrected chi connectivity index (χ4v) is 2.53. The van der Waals surface area contributed by atoms with Crippen molar-refractivity contribution in [3.05, 3.63) is 29.3 Å². The molecule has 0 fully saturated rings. The van der Waals surface area contributed by atoms with Crippen LogP contribution in [-0.4, -0.2) is 17.5 Å². The van der Waals surface area contributed by atoms with E-state index in [1.165, 1.54) is 0 Å². The normalized spacial score (nSPS) is 19.1. The third-order valence-electron chi connectivity index (χ3n) is 2.37. The zero-order valence-corrected chi connectivity index (χ0v) is 11.0. The number of hydrogen-bond acceptors (Lipinski definition) is 3. The molecule has 1 aromatic rings. The van der Waals surface area contributed by atoms with Crippen molar-refractivity contribution in [3.8, 4) is 0 Å². The smallest absolute Gasteiger partial charge is 0.161 e. The highest BCUT2D eigenvalue weighted by Crippen LogP contribution is 2.29. The van der Waals surface area contributed by atoms with Gasteiger partial charge in [0, 0.05) is 12.3 Å². The SMILES string of the molecule is CC1(C)CN=C(Nc2ccccc2Cl)SC1. The number of nitrogens with zero attached hydrogens (tertiary/aromatic N) is 1. The Morgan fingerprint density at radius 1 is 1.38 bits per heavy atom. The minimum atomic E-state index is 0.302. The number of hydrogen-bond donors (Lipinski definition) is 1. The Morgan fingerprint density at radius 2 is 2.12 bits per heavy atom. The lowest BCUT2D eigenvalue weighted by Gasteiger charge is -2.27. The van der Waals surface area contributed by atoms with E-state index in [1.54, 1.807) is 11.8 Å². The van der Waals surface area contributed by atoms with Crippen molar-refractivity contribution in [2.24, 2.45) is 10.4 Å². The molecule has 0 aliphatic carbocycles. The molecule has 1 aromatic carbocycles. The van der Waals surface area contributed by atoms with Crippen molar-refractivity contribution in [3.63, 3.8) is 0 Å². The number of anilines is 1. The van der Waals surface area contributed by atoms with Crippen LogP contribution in [0.4, 0.5) is 5.69 Å². The molecule has 1 aliphatic heterocycles. The van der Waals surface area contributed by atoms with Crippen LogP contribution in [0.3, 0.4) is 0 Å². The van der Waals surface area contributed by atoms with Gasteiger partial charge in [0.15, 0.2) is 5.17 Å². The highest BCUT2D eigenvalue weighted by atomic mass is 35.5. The molecule has 0 radical (unpaired) electrons. The molecule has 4 heteroatoms. The molecule has 2 rings (SSSR count). The van der Waals surface area contributed by atoms with Gasteiger partial charge in [0.05, 0.1) is 10.7 Å². The van der Waals surface area contributed by atoms with Crippen molar-refractivity contribution in [1.82, 2.24) is 0 Å². The summed E-state index contributed by atoms with van der Waals surface area (Å²) >= 11 is 7.83. The average Bonchev–Trinajstić information content (AvgIpc) is 2.24. The Kier molecular flexibility index (Phi) is 3.45. The fraction of sp³-hybridized carbons (Fsp3) is 0.417. The van der Waals surface area contributed by atoms with Gasteiger partial charge in [0.1, 0.15) is 0 Å². The van der Waals surface area contributed by atoms with Gasteiger partial charge in [-0.25, -0.2) is 0 Å². The number of nitrogens with one attached hydrogen (secondary N) is 1. The highest BCUT2D eigenvalue weighted by Gasteiger charge is 2.23. The fourth-order valence-electron chi connectivity index (χ4n) is 1.39. The number of benzene rings is 1. The van der Waals surface area contributed by atoms with E-state index < -0.39 is 0 Å². The molecule has 16 heavy (non-hydrogen) atoms. The molecule has 0 saturated carbocycles. The van der Waals surface area contributed by atoms with Gasteiger partial charge in [-0.1, -0.05) is 49.3 Å². The number of halogens is 1. The molecule has 1 heterocycles. The molecule has 2 nitrogen and oxygen atoms in total. The maximum Gasteiger partial charge on any atom is 0.161 e. The van der Waals surface area contributed by atoms with Crippen LogP contribution in [0.15, 0.2) is 29.3 Å². The van der Waals surface area contributed by atoms with Crippen LogP contribution < -0.4 is 5.32 Å². The molecule has 0 spiro atoms. The van der Waals surface area contributed by atoms with Crippen LogP contribution in [0.1, 0.15) is 13.8 Å². The van der Waals surface area contributed by atoms with Gasteiger partial charge in [-0.3, -0.25) is 4.99 Å². The Hall–Kier alpha value is -0.670. The lowest BCUT2D eigenvalue weighted by molar-refractivity contribution is 0.438. The van der Waals surface area contributed by atoms with Gasteiger partial charge in [-0.15, -0.1) is 0 Å². The standard InChI is InChI=1S/C12H15ClN2S/c1-12(2)7-14-11(16-8-12)15-10-6-4-3-5-9(10)13/h3-6H,7-8H2,1-2H3,(H,14,15). The van der Waals surface area contributed by atoms with Crippen LogP contribution in [0.2, 0.25) is 5.02 Å². The summed E-state index contributed by atoms with van der Waals surface area (Å²) in [6.07, 6.45) is 0. The molecule has 86 valence electrons. The average molecular weight is 255 g/mol. The lowest BCUT2D eigenvalue weighted by atomic mass is 9.97. The molecule has 1 aliphatic rings. The van der Waals surface area contributed by atoms with Gasteiger partial charge in [-0.05, 0) is 17.5 Å². The highest BCUT2D eigenvalue weighted by molar-refractivity contribution is 8.14. The molecule has 0 amide bonds. The van der Waals surface area contributed by atoms with E-state index in [2.05, 4.69) is 24.2 Å². The monoisotopic (exact) mass is 254 g/mol. The Bertz CT molecular complexity index is 415. The van der Waals surface area contributed by atoms with Crippen molar-refractivity contribution in [2.45, 2.75) is 13.8 Å². The predicted octanol–water partition coefficient (Wildman–Crippen LogP) is 3.88. The van der Waals surface area contributed by atoms with Gasteiger partial charge in [0.2, 0.25) is 0 Å². The largest absolute Gasteiger partial charge is 0.334 e. The van der Waals surface area contributed by atoms with E-state index in [4.69, 9.17) is 11.6 Å². The van der Waals surface area contributed by atoms with Crippen molar-refractivity contribution >= 4 is 34.2 Å². The third kappa shape index (κ3) is 2.92. The number of thioether (sulfide) groups is 1. The van der Waals surface area contributed by atoms with E-state index in [0.717, 1.165) is 28.2 Å². The number of rotatable bonds is 1. The second kappa shape index (κ2) is 4.68. The number of amidine groups is 1. The number of para-hydroxylation sites is 1. The van der Waals surface area contributed by atoms with Crippen LogP contribution in [0.25, 0.3) is 0 Å². The van der Waals surface area contributed by atoms with Gasteiger partial charge in [-0.2, -0.15) is 0 Å². The summed E-state index contributed by atoms with van der Waals surface area (Å²) in [6.45, 7) is 5.33. The summed E-state index contributed by atoms with van der Waals surface area (Å²) < 4.78 is 0. The molecule has 0 aromatic heterocycles. The van der Waals surface area contributed by atoms with E-state index in [-0.39, 0.29) is 0 Å². The summed E-state index contributed by atoms with van der Waals surface area (Å²) in [5.74, 6) is 1.09. The minimum absolute atomic E-state index is 0.302. The minimum Gasteiger partial charge on any atom is -0.334 e. The van der Waals surface area contributed by atoms with Crippen LogP contribution in [-0.2, 0) is 0 Å². The Labute approximate surface area is 105 Å². The number of aliphatic imine (C=N–C) groups is 1. The van der Waals surface area contributed by atoms with Crippen molar-refractivity contribution < 1.29 is 0 Å². The lowest BCUT2D eigenvalue weighted by Crippen LogP contribution is -2.27. The second-order valence-corrected chi connectivity index (χ2v) is 6.05. The second-order valence-electron chi connectivity index (χ2n) is 4.68. The summed E-state index contributed by atoms with van der Waals surface area (Å²) in [5, 5.41) is 4.97. The Morgan fingerprint density at radius 3 is 2.75 bits per heavy atom. The zero-order chi connectivity index (χ0) is 11.6. The molecule has 0 unspecified atom stereocenters. The zero-order valence-electron chi connectivity index (χ0n) is 9.46. The third-order valence-corrected chi connectivity index (χ3v) is 4.13. The maximum absolute atomic E-state index is 6.07. The maximum atomic E-state index is 6.07. The van der Waals surface area contributed by atoms with E-state index in [0.29, 0.717) is 5.41 Å². The quantitative estimate of drug-likeness (QED) is 0.823. The van der Waals surface area contributed by atoms with E-state index in [9.17, 15) is 0 Å². The van der Waals surface area contributed by atoms with Crippen LogP contribution in [0.5, 0.6) is 0 Å². The summed E-state index contributed by atoms with van der Waals surface area (Å²) in [6, 6.07) is 7.73. The summed E-state index contributed by atoms with van der Waals surface area (Å²) in [4.78, 5) is 4.53. The molecular formula is C12H15ClN2S. The first-order chi connectivity index (χ1) is 7.57. The predicted molar refractivity (Wildman–Crippen MR) is 73.6 cm³/mol. The molecule has 1 N–H and O–H groups in total. The van der Waals surface area contributed by atoms with Gasteiger partial charge < -0.3 is 5.32 Å². The first kappa shape index (κ1) is 11.8. The van der Waals surface area contributed by atoms with Crippen LogP contribution >= 0.6 is 23.4 Å². The summed E-state index contributed by atoms with van der Waals surface area (Å²) in [5.41, 5.74) is 1.23. The van der Waals surface area contributed by atoms with Crippen LogP contribution in [0, 0.1) is 5.41 Å². The first-order valence-electron chi connectivity index (χ1n) is 5.26.